The summed E-state index contributed by atoms with van der Waals surface area (Å²) in [5, 5.41) is 13.2. The van der Waals surface area contributed by atoms with Gasteiger partial charge in [-0.1, -0.05) is 25.0 Å². The fourth-order valence-corrected chi connectivity index (χ4v) is 5.70. The van der Waals surface area contributed by atoms with Gasteiger partial charge in [0.25, 0.3) is 0 Å². The van der Waals surface area contributed by atoms with Crippen LogP contribution in [-0.2, 0) is 6.54 Å². The van der Waals surface area contributed by atoms with Crippen molar-refractivity contribution in [3.63, 3.8) is 0 Å². The van der Waals surface area contributed by atoms with E-state index in [1.54, 1.807) is 18.5 Å². The Morgan fingerprint density at radius 1 is 0.872 bits per heavy atom. The predicted octanol–water partition coefficient (Wildman–Crippen LogP) is 6.65. The zero-order valence-corrected chi connectivity index (χ0v) is 21.4. The Morgan fingerprint density at radius 2 is 1.77 bits per heavy atom. The summed E-state index contributed by atoms with van der Waals surface area (Å²) in [6, 6.07) is 12.8. The average Bonchev–Trinajstić information content (AvgIpc) is 3.72. The molecule has 39 heavy (non-hydrogen) atoms. The molecule has 1 aliphatic carbocycles. The van der Waals surface area contributed by atoms with Gasteiger partial charge in [-0.15, -0.1) is 0 Å². The number of aromatic nitrogens is 6. The van der Waals surface area contributed by atoms with Gasteiger partial charge < -0.3 is 10.3 Å². The van der Waals surface area contributed by atoms with Gasteiger partial charge in [0, 0.05) is 47.0 Å². The minimum Gasteiger partial charge on any atom is -0.352 e. The van der Waals surface area contributed by atoms with Crippen molar-refractivity contribution in [1.29, 1.82) is 0 Å². The SMILES string of the molecule is Fc1cccc(-c2cncc3[nH]c(-c4n[nH]c5cnc(-c6cncc(CNCC7CCCC7)c6)cc45)cc23)c1. The molecule has 0 spiro atoms. The molecule has 7 rings (SSSR count). The van der Waals surface area contributed by atoms with Gasteiger partial charge in [0.1, 0.15) is 11.5 Å². The lowest BCUT2D eigenvalue weighted by molar-refractivity contribution is 0.489. The number of halogens is 1. The van der Waals surface area contributed by atoms with E-state index in [2.05, 4.69) is 47.6 Å². The largest absolute Gasteiger partial charge is 0.352 e. The van der Waals surface area contributed by atoms with Crippen LogP contribution in [0.3, 0.4) is 0 Å². The van der Waals surface area contributed by atoms with E-state index in [1.807, 2.05) is 30.7 Å². The van der Waals surface area contributed by atoms with Gasteiger partial charge in [0.2, 0.25) is 0 Å². The zero-order chi connectivity index (χ0) is 26.2. The number of pyridine rings is 3. The second-order valence-electron chi connectivity index (χ2n) is 10.4. The van der Waals surface area contributed by atoms with Gasteiger partial charge in [0.05, 0.1) is 34.8 Å². The molecule has 6 aromatic rings. The van der Waals surface area contributed by atoms with Crippen molar-refractivity contribution in [2.45, 2.75) is 32.2 Å². The summed E-state index contributed by atoms with van der Waals surface area (Å²) in [6.45, 7) is 1.86. The van der Waals surface area contributed by atoms with Crippen LogP contribution >= 0.6 is 0 Å². The molecule has 8 heteroatoms. The van der Waals surface area contributed by atoms with Gasteiger partial charge >= 0.3 is 0 Å². The summed E-state index contributed by atoms with van der Waals surface area (Å²) in [4.78, 5) is 17.0. The maximum Gasteiger partial charge on any atom is 0.123 e. The van der Waals surface area contributed by atoms with E-state index in [0.717, 1.165) is 80.1 Å². The molecule has 3 N–H and O–H groups in total. The first kappa shape index (κ1) is 23.7. The Bertz CT molecular complexity index is 1780. The van der Waals surface area contributed by atoms with Gasteiger partial charge in [-0.25, -0.2) is 4.39 Å². The highest BCUT2D eigenvalue weighted by Crippen LogP contribution is 2.34. The average molecular weight is 518 g/mol. The molecular weight excluding hydrogens is 489 g/mol. The minimum atomic E-state index is -0.276. The van der Waals surface area contributed by atoms with E-state index in [0.29, 0.717) is 0 Å². The smallest absolute Gasteiger partial charge is 0.123 e. The van der Waals surface area contributed by atoms with E-state index in [4.69, 9.17) is 0 Å². The third kappa shape index (κ3) is 4.68. The third-order valence-electron chi connectivity index (χ3n) is 7.71. The van der Waals surface area contributed by atoms with Crippen LogP contribution in [-0.4, -0.2) is 36.7 Å². The van der Waals surface area contributed by atoms with Crippen LogP contribution in [0.2, 0.25) is 0 Å². The Hall–Kier alpha value is -4.43. The molecule has 0 amide bonds. The minimum absolute atomic E-state index is 0.276. The molecule has 0 unspecified atom stereocenters. The van der Waals surface area contributed by atoms with Crippen molar-refractivity contribution in [3.8, 4) is 33.8 Å². The molecule has 0 bridgehead atoms. The number of rotatable bonds is 7. The molecule has 1 aliphatic rings. The first-order valence-electron chi connectivity index (χ1n) is 13.4. The number of fused-ring (bicyclic) bond motifs is 2. The number of H-pyrrole nitrogens is 2. The number of nitrogens with one attached hydrogen (secondary N) is 3. The van der Waals surface area contributed by atoms with Gasteiger partial charge in [-0.05, 0) is 66.8 Å². The number of nitrogens with zero attached hydrogens (tertiary/aromatic N) is 4. The molecular formula is C31H28FN7. The first-order chi connectivity index (χ1) is 19.2. The molecule has 194 valence electrons. The maximum absolute atomic E-state index is 13.9. The number of hydrogen-bond acceptors (Lipinski definition) is 5. The fraction of sp³-hybridized carbons (Fsp3) is 0.226. The number of aromatic amines is 2. The van der Waals surface area contributed by atoms with Crippen molar-refractivity contribution in [2.75, 3.05) is 6.54 Å². The second-order valence-corrected chi connectivity index (χ2v) is 10.4. The van der Waals surface area contributed by atoms with Crippen LogP contribution < -0.4 is 5.32 Å². The molecule has 1 aromatic carbocycles. The lowest BCUT2D eigenvalue weighted by Gasteiger charge is -2.11. The van der Waals surface area contributed by atoms with E-state index in [1.165, 1.54) is 37.8 Å². The highest BCUT2D eigenvalue weighted by Gasteiger charge is 2.16. The Labute approximate surface area is 224 Å². The van der Waals surface area contributed by atoms with Crippen LogP contribution in [0.4, 0.5) is 4.39 Å². The summed E-state index contributed by atoms with van der Waals surface area (Å²) < 4.78 is 13.9. The van der Waals surface area contributed by atoms with Crippen molar-refractivity contribution < 1.29 is 4.39 Å². The summed E-state index contributed by atoms with van der Waals surface area (Å²) in [6.07, 6.45) is 14.5. The van der Waals surface area contributed by atoms with Gasteiger partial charge in [-0.3, -0.25) is 20.1 Å². The topological polar surface area (TPSA) is 95.2 Å². The summed E-state index contributed by atoms with van der Waals surface area (Å²) in [7, 11) is 0. The van der Waals surface area contributed by atoms with Gasteiger partial charge in [-0.2, -0.15) is 5.10 Å². The fourth-order valence-electron chi connectivity index (χ4n) is 5.70. The van der Waals surface area contributed by atoms with Crippen molar-refractivity contribution in [2.24, 2.45) is 5.92 Å². The molecule has 1 fully saturated rings. The summed E-state index contributed by atoms with van der Waals surface area (Å²) in [5.74, 6) is 0.525. The Balaban J connectivity index is 1.20. The van der Waals surface area contributed by atoms with Crippen LogP contribution in [0.25, 0.3) is 55.6 Å². The monoisotopic (exact) mass is 517 g/mol. The summed E-state index contributed by atoms with van der Waals surface area (Å²) in [5.41, 5.74) is 7.94. The zero-order valence-electron chi connectivity index (χ0n) is 21.4. The summed E-state index contributed by atoms with van der Waals surface area (Å²) >= 11 is 0. The Morgan fingerprint density at radius 3 is 2.67 bits per heavy atom. The predicted molar refractivity (Wildman–Crippen MR) is 151 cm³/mol. The second kappa shape index (κ2) is 10.0. The van der Waals surface area contributed by atoms with Crippen LogP contribution in [0.1, 0.15) is 31.2 Å². The van der Waals surface area contributed by atoms with Crippen molar-refractivity contribution >= 4 is 21.8 Å². The number of benzene rings is 1. The van der Waals surface area contributed by atoms with E-state index < -0.39 is 0 Å². The standard InChI is InChI=1S/C31H28FN7/c32-23-7-3-6-21(9-23)26-16-35-17-29-24(26)10-28(37-29)31-25-11-27(36-18-30(25)38-39-31)22-8-20(14-34-15-22)13-33-12-19-4-1-2-5-19/h3,6-11,14-19,33,37H,1-2,4-5,12-13H2,(H,38,39). The van der Waals surface area contributed by atoms with Crippen LogP contribution in [0.15, 0.2) is 73.4 Å². The molecule has 5 aromatic heterocycles. The normalized spacial score (nSPS) is 14.1. The number of hydrogen-bond donors (Lipinski definition) is 3. The van der Waals surface area contributed by atoms with Gasteiger partial charge in [0.15, 0.2) is 0 Å². The first-order valence-corrected chi connectivity index (χ1v) is 13.4. The lowest BCUT2D eigenvalue weighted by atomic mass is 10.0. The van der Waals surface area contributed by atoms with E-state index in [9.17, 15) is 4.39 Å². The molecule has 7 nitrogen and oxygen atoms in total. The molecule has 0 atom stereocenters. The highest BCUT2D eigenvalue weighted by molar-refractivity contribution is 6.01. The quantitative estimate of drug-likeness (QED) is 0.220. The molecule has 0 saturated heterocycles. The van der Waals surface area contributed by atoms with Crippen molar-refractivity contribution in [1.82, 2.24) is 35.5 Å². The maximum atomic E-state index is 13.9. The van der Waals surface area contributed by atoms with E-state index in [-0.39, 0.29) is 5.82 Å². The van der Waals surface area contributed by atoms with E-state index >= 15 is 0 Å². The Kier molecular flexibility index (Phi) is 6.09. The molecule has 0 aliphatic heterocycles. The van der Waals surface area contributed by atoms with Crippen molar-refractivity contribution in [3.05, 3.63) is 84.8 Å². The highest BCUT2D eigenvalue weighted by atomic mass is 19.1. The molecule has 5 heterocycles. The van der Waals surface area contributed by atoms with Crippen LogP contribution in [0, 0.1) is 11.7 Å². The molecule has 0 radical (unpaired) electrons. The third-order valence-corrected chi connectivity index (χ3v) is 7.71. The molecule has 1 saturated carbocycles. The van der Waals surface area contributed by atoms with Crippen LogP contribution in [0.5, 0.6) is 0 Å². The lowest BCUT2D eigenvalue weighted by Crippen LogP contribution is -2.20.